The van der Waals surface area contributed by atoms with Crippen LogP contribution in [0, 0.1) is 0 Å². The lowest BCUT2D eigenvalue weighted by atomic mass is 9.96. The minimum Gasteiger partial charge on any atom is -0.342 e. The highest BCUT2D eigenvalue weighted by atomic mass is 16.2. The smallest absolute Gasteiger partial charge is 0.221 e. The maximum Gasteiger partial charge on any atom is 0.221 e. The summed E-state index contributed by atoms with van der Waals surface area (Å²) < 4.78 is 0. The summed E-state index contributed by atoms with van der Waals surface area (Å²) >= 11 is 0. The number of hydrogen-bond donors (Lipinski definition) is 1. The molecule has 1 atom stereocenters. The normalized spacial score (nSPS) is 21.9. The molecule has 0 spiro atoms. The van der Waals surface area contributed by atoms with Crippen LogP contribution < -0.4 is 5.32 Å². The van der Waals surface area contributed by atoms with Gasteiger partial charge in [0.25, 0.3) is 0 Å². The molecule has 0 radical (unpaired) electrons. The molecule has 3 nitrogen and oxygen atoms in total. The lowest BCUT2D eigenvalue weighted by Gasteiger charge is -2.22. The Kier molecular flexibility index (Phi) is 2.31. The van der Waals surface area contributed by atoms with Gasteiger partial charge in [-0.2, -0.15) is 0 Å². The molecule has 1 N–H and O–H groups in total. The Morgan fingerprint density at radius 3 is 2.50 bits per heavy atom. The molecule has 14 heavy (non-hydrogen) atoms. The largest absolute Gasteiger partial charge is 0.342 e. The van der Waals surface area contributed by atoms with E-state index >= 15 is 0 Å². The summed E-state index contributed by atoms with van der Waals surface area (Å²) in [6.07, 6.45) is 0.674. The van der Waals surface area contributed by atoms with Crippen molar-refractivity contribution < 1.29 is 9.59 Å². The fourth-order valence-corrected chi connectivity index (χ4v) is 1.61. The zero-order chi connectivity index (χ0) is 9.97. The molecule has 2 rings (SSSR count). The van der Waals surface area contributed by atoms with E-state index < -0.39 is 6.04 Å². The molecule has 1 amide bonds. The molecule has 0 bridgehead atoms. The van der Waals surface area contributed by atoms with Gasteiger partial charge in [-0.15, -0.1) is 0 Å². The lowest BCUT2D eigenvalue weighted by molar-refractivity contribution is -0.132. The average molecular weight is 189 g/mol. The monoisotopic (exact) mass is 189 g/mol. The van der Waals surface area contributed by atoms with Crippen molar-refractivity contribution in [2.75, 3.05) is 0 Å². The zero-order valence-corrected chi connectivity index (χ0v) is 7.69. The van der Waals surface area contributed by atoms with Gasteiger partial charge in [-0.05, 0) is 5.56 Å². The van der Waals surface area contributed by atoms with Gasteiger partial charge in [-0.25, -0.2) is 0 Å². The molecule has 3 heteroatoms. The van der Waals surface area contributed by atoms with Crippen LogP contribution in [-0.4, -0.2) is 11.7 Å². The minimum atomic E-state index is -0.433. The van der Waals surface area contributed by atoms with Crippen molar-refractivity contribution in [3.63, 3.8) is 0 Å². The lowest BCUT2D eigenvalue weighted by Crippen LogP contribution is -2.38. The molecule has 0 saturated carbocycles. The Morgan fingerprint density at radius 1 is 1.07 bits per heavy atom. The van der Waals surface area contributed by atoms with Gasteiger partial charge < -0.3 is 5.32 Å². The number of hydrogen-bond acceptors (Lipinski definition) is 2. The summed E-state index contributed by atoms with van der Waals surface area (Å²) in [6, 6.07) is 8.89. The molecule has 72 valence electrons. The van der Waals surface area contributed by atoms with Crippen molar-refractivity contribution in [3.05, 3.63) is 35.9 Å². The summed E-state index contributed by atoms with van der Waals surface area (Å²) in [6.45, 7) is 0. The molecule has 1 aromatic carbocycles. The van der Waals surface area contributed by atoms with E-state index in [-0.39, 0.29) is 11.7 Å². The Bertz CT molecular complexity index is 359. The predicted octanol–water partition coefficient (Wildman–Crippen LogP) is 1.21. The van der Waals surface area contributed by atoms with E-state index in [9.17, 15) is 9.59 Å². The van der Waals surface area contributed by atoms with Crippen LogP contribution in [0.1, 0.15) is 24.4 Å². The van der Waals surface area contributed by atoms with Crippen molar-refractivity contribution in [1.82, 2.24) is 5.32 Å². The van der Waals surface area contributed by atoms with Gasteiger partial charge >= 0.3 is 0 Å². The van der Waals surface area contributed by atoms with Crippen LogP contribution in [0.5, 0.6) is 0 Å². The molecular formula is C11H11NO2. The van der Waals surface area contributed by atoms with Crippen LogP contribution in [0.25, 0.3) is 0 Å². The third kappa shape index (κ3) is 1.66. The Hall–Kier alpha value is -1.64. The Morgan fingerprint density at radius 2 is 1.79 bits per heavy atom. The van der Waals surface area contributed by atoms with Crippen LogP contribution in [0.2, 0.25) is 0 Å². The first-order chi connectivity index (χ1) is 6.77. The Labute approximate surface area is 82.1 Å². The Balaban J connectivity index is 2.24. The number of nitrogens with one attached hydrogen (secondary N) is 1. The van der Waals surface area contributed by atoms with E-state index in [0.717, 1.165) is 5.56 Å². The van der Waals surface area contributed by atoms with Crippen molar-refractivity contribution in [3.8, 4) is 0 Å². The number of carbonyl (C=O) groups excluding carboxylic acids is 2. The van der Waals surface area contributed by atoms with E-state index in [2.05, 4.69) is 5.32 Å². The first kappa shape index (κ1) is 8.94. The minimum absolute atomic E-state index is 0.0431. The molecule has 1 aromatic rings. The van der Waals surface area contributed by atoms with Gasteiger partial charge in [-0.1, -0.05) is 30.3 Å². The number of Topliss-reactive ketones (excluding diaryl/α,β-unsaturated/α-hetero) is 1. The quantitative estimate of drug-likeness (QED) is 0.721. The highest BCUT2D eigenvalue weighted by molar-refractivity contribution is 5.95. The third-order valence-electron chi connectivity index (χ3n) is 2.36. The maximum atomic E-state index is 11.5. The highest BCUT2D eigenvalue weighted by Crippen LogP contribution is 2.19. The van der Waals surface area contributed by atoms with Gasteiger partial charge in [0.1, 0.15) is 6.04 Å². The van der Waals surface area contributed by atoms with E-state index in [1.165, 1.54) is 0 Å². The van der Waals surface area contributed by atoms with Gasteiger partial charge in [0.05, 0.1) is 0 Å². The van der Waals surface area contributed by atoms with Crippen LogP contribution in [0.3, 0.4) is 0 Å². The van der Waals surface area contributed by atoms with E-state index in [4.69, 9.17) is 0 Å². The van der Waals surface area contributed by atoms with Gasteiger partial charge in [0.2, 0.25) is 5.91 Å². The summed E-state index contributed by atoms with van der Waals surface area (Å²) in [5.74, 6) is 0.0502. The van der Waals surface area contributed by atoms with Crippen LogP contribution in [-0.2, 0) is 9.59 Å². The molecule has 0 aliphatic carbocycles. The van der Waals surface area contributed by atoms with Crippen LogP contribution in [0.4, 0.5) is 0 Å². The summed E-state index contributed by atoms with van der Waals surface area (Å²) in [7, 11) is 0. The standard InChI is InChI=1S/C11H11NO2/c13-9-6-7-10(14)12-11(9)8-4-2-1-3-5-8/h1-5,11H,6-7H2,(H,12,14). The van der Waals surface area contributed by atoms with Crippen molar-refractivity contribution in [1.29, 1.82) is 0 Å². The second-order valence-corrected chi connectivity index (χ2v) is 3.38. The van der Waals surface area contributed by atoms with Crippen molar-refractivity contribution in [2.24, 2.45) is 0 Å². The first-order valence-electron chi connectivity index (χ1n) is 4.64. The second kappa shape index (κ2) is 3.62. The molecule has 1 unspecified atom stereocenters. The highest BCUT2D eigenvalue weighted by Gasteiger charge is 2.26. The molecule has 1 heterocycles. The van der Waals surface area contributed by atoms with Crippen molar-refractivity contribution >= 4 is 11.7 Å². The van der Waals surface area contributed by atoms with Gasteiger partial charge in [0, 0.05) is 12.8 Å². The molecule has 1 saturated heterocycles. The number of benzene rings is 1. The first-order valence-corrected chi connectivity index (χ1v) is 4.64. The van der Waals surface area contributed by atoms with Gasteiger partial charge in [-0.3, -0.25) is 9.59 Å². The van der Waals surface area contributed by atoms with E-state index in [1.807, 2.05) is 30.3 Å². The maximum absolute atomic E-state index is 11.5. The zero-order valence-electron chi connectivity index (χ0n) is 7.69. The number of piperidine rings is 1. The van der Waals surface area contributed by atoms with Gasteiger partial charge in [0.15, 0.2) is 5.78 Å². The number of rotatable bonds is 1. The predicted molar refractivity (Wildman–Crippen MR) is 51.6 cm³/mol. The topological polar surface area (TPSA) is 46.2 Å². The van der Waals surface area contributed by atoms with Crippen LogP contribution in [0.15, 0.2) is 30.3 Å². The summed E-state index contributed by atoms with van der Waals surface area (Å²) in [5.41, 5.74) is 0.866. The second-order valence-electron chi connectivity index (χ2n) is 3.38. The average Bonchev–Trinajstić information content (AvgIpc) is 2.23. The number of carbonyl (C=O) groups is 2. The molecular weight excluding hydrogens is 178 g/mol. The number of amides is 1. The fourth-order valence-electron chi connectivity index (χ4n) is 1.61. The molecule has 1 fully saturated rings. The number of ketones is 1. The third-order valence-corrected chi connectivity index (χ3v) is 2.36. The fraction of sp³-hybridized carbons (Fsp3) is 0.273. The van der Waals surface area contributed by atoms with Crippen molar-refractivity contribution in [2.45, 2.75) is 18.9 Å². The van der Waals surface area contributed by atoms with E-state index in [0.29, 0.717) is 12.8 Å². The van der Waals surface area contributed by atoms with E-state index in [1.54, 1.807) is 0 Å². The molecule has 0 aromatic heterocycles. The molecule has 1 aliphatic rings. The van der Waals surface area contributed by atoms with Crippen LogP contribution >= 0.6 is 0 Å². The summed E-state index contributed by atoms with van der Waals surface area (Å²) in [4.78, 5) is 22.7. The SMILES string of the molecule is O=C1CCC(=O)C(c2ccccc2)N1. The molecule has 1 aliphatic heterocycles. The summed E-state index contributed by atoms with van der Waals surface area (Å²) in [5, 5.41) is 2.69.